The monoisotopic (exact) mass is 467 g/mol. The molecule has 0 fully saturated rings. The van der Waals surface area contributed by atoms with Crippen LogP contribution in [0.1, 0.15) is 5.69 Å². The molecular formula is C21H18BrN5O3. The van der Waals surface area contributed by atoms with Gasteiger partial charge in [0.15, 0.2) is 6.61 Å². The lowest BCUT2D eigenvalue weighted by Crippen LogP contribution is -2.26. The van der Waals surface area contributed by atoms with Crippen LogP contribution in [0.5, 0.6) is 5.88 Å². The summed E-state index contributed by atoms with van der Waals surface area (Å²) >= 11 is 3.41. The van der Waals surface area contributed by atoms with Gasteiger partial charge in [-0.15, -0.1) is 0 Å². The predicted molar refractivity (Wildman–Crippen MR) is 117 cm³/mol. The SMILES string of the molecule is Cc1c(NC(=O)COc2ncnc3ccc(Br)cc23)c(=O)n(-c2ccccc2)n1C. The summed E-state index contributed by atoms with van der Waals surface area (Å²) in [4.78, 5) is 33.7. The Bertz CT molecular complexity index is 1300. The van der Waals surface area contributed by atoms with E-state index in [2.05, 4.69) is 31.2 Å². The number of rotatable bonds is 5. The van der Waals surface area contributed by atoms with Gasteiger partial charge in [-0.05, 0) is 37.3 Å². The van der Waals surface area contributed by atoms with Gasteiger partial charge in [0.1, 0.15) is 12.0 Å². The van der Waals surface area contributed by atoms with Crippen molar-refractivity contribution in [3.63, 3.8) is 0 Å². The van der Waals surface area contributed by atoms with Crippen LogP contribution < -0.4 is 15.6 Å². The molecule has 1 amide bonds. The summed E-state index contributed by atoms with van der Waals surface area (Å²) in [5.41, 5.74) is 1.95. The second kappa shape index (κ2) is 8.11. The lowest BCUT2D eigenvalue weighted by Gasteiger charge is -2.08. The molecule has 0 bridgehead atoms. The van der Waals surface area contributed by atoms with E-state index in [1.807, 2.05) is 48.5 Å². The molecule has 152 valence electrons. The van der Waals surface area contributed by atoms with Crippen molar-refractivity contribution in [2.24, 2.45) is 7.05 Å². The molecule has 0 aliphatic heterocycles. The molecule has 4 aromatic rings. The van der Waals surface area contributed by atoms with Gasteiger partial charge in [0, 0.05) is 11.5 Å². The number of nitrogens with zero attached hydrogens (tertiary/aromatic N) is 4. The Morgan fingerprint density at radius 2 is 1.93 bits per heavy atom. The summed E-state index contributed by atoms with van der Waals surface area (Å²) < 4.78 is 9.66. The maximum atomic E-state index is 12.9. The molecule has 0 aliphatic rings. The van der Waals surface area contributed by atoms with Gasteiger partial charge in [-0.1, -0.05) is 34.1 Å². The average molecular weight is 468 g/mol. The third kappa shape index (κ3) is 3.71. The Morgan fingerprint density at radius 3 is 2.70 bits per heavy atom. The fourth-order valence-electron chi connectivity index (χ4n) is 3.14. The summed E-state index contributed by atoms with van der Waals surface area (Å²) in [6, 6.07) is 14.7. The van der Waals surface area contributed by atoms with Crippen molar-refractivity contribution in [2.45, 2.75) is 6.92 Å². The summed E-state index contributed by atoms with van der Waals surface area (Å²) in [7, 11) is 1.76. The number of carbonyl (C=O) groups is 1. The van der Waals surface area contributed by atoms with E-state index >= 15 is 0 Å². The molecule has 0 saturated heterocycles. The van der Waals surface area contributed by atoms with Crippen LogP contribution in [0.25, 0.3) is 16.6 Å². The average Bonchev–Trinajstić information content (AvgIpc) is 2.96. The summed E-state index contributed by atoms with van der Waals surface area (Å²) in [5.74, 6) is -0.161. The number of benzene rings is 2. The highest BCUT2D eigenvalue weighted by Gasteiger charge is 2.18. The van der Waals surface area contributed by atoms with Gasteiger partial charge in [0.05, 0.1) is 22.3 Å². The maximum absolute atomic E-state index is 12.9. The largest absolute Gasteiger partial charge is 0.467 e. The molecule has 0 spiro atoms. The van der Waals surface area contributed by atoms with Gasteiger partial charge >= 0.3 is 0 Å². The molecule has 0 radical (unpaired) electrons. The quantitative estimate of drug-likeness (QED) is 0.486. The van der Waals surface area contributed by atoms with Crippen molar-refractivity contribution in [1.29, 1.82) is 0 Å². The summed E-state index contributed by atoms with van der Waals surface area (Å²) in [6.07, 6.45) is 1.38. The second-order valence-electron chi connectivity index (χ2n) is 6.61. The van der Waals surface area contributed by atoms with Crippen LogP contribution in [0.15, 0.2) is 64.1 Å². The predicted octanol–water partition coefficient (Wildman–Crippen LogP) is 3.21. The highest BCUT2D eigenvalue weighted by Crippen LogP contribution is 2.25. The molecule has 0 aliphatic carbocycles. The normalized spacial score (nSPS) is 10.9. The Balaban J connectivity index is 1.55. The molecule has 1 N–H and O–H groups in total. The Kier molecular flexibility index (Phi) is 5.37. The summed E-state index contributed by atoms with van der Waals surface area (Å²) in [5, 5.41) is 3.35. The fourth-order valence-corrected chi connectivity index (χ4v) is 3.50. The first kappa shape index (κ1) is 19.8. The third-order valence-corrected chi connectivity index (χ3v) is 5.21. The third-order valence-electron chi connectivity index (χ3n) is 4.72. The molecule has 8 nitrogen and oxygen atoms in total. The molecule has 2 heterocycles. The van der Waals surface area contributed by atoms with Crippen LogP contribution in [-0.4, -0.2) is 31.8 Å². The molecule has 2 aromatic carbocycles. The number of aromatic nitrogens is 4. The van der Waals surface area contributed by atoms with E-state index in [1.165, 1.54) is 11.0 Å². The first-order valence-corrected chi connectivity index (χ1v) is 9.92. The van der Waals surface area contributed by atoms with Gasteiger partial charge in [-0.2, -0.15) is 0 Å². The van der Waals surface area contributed by atoms with Crippen molar-refractivity contribution in [3.8, 4) is 11.6 Å². The molecule has 30 heavy (non-hydrogen) atoms. The zero-order valence-corrected chi connectivity index (χ0v) is 17.9. The van der Waals surface area contributed by atoms with E-state index in [-0.39, 0.29) is 17.9 Å². The maximum Gasteiger partial charge on any atom is 0.295 e. The van der Waals surface area contributed by atoms with Crippen molar-refractivity contribution in [1.82, 2.24) is 19.3 Å². The van der Waals surface area contributed by atoms with Gasteiger partial charge < -0.3 is 10.1 Å². The zero-order valence-electron chi connectivity index (χ0n) is 16.3. The minimum atomic E-state index is -0.456. The van der Waals surface area contributed by atoms with E-state index in [0.29, 0.717) is 28.2 Å². The number of nitrogens with one attached hydrogen (secondary N) is 1. The van der Waals surface area contributed by atoms with Crippen LogP contribution in [0.4, 0.5) is 5.69 Å². The van der Waals surface area contributed by atoms with Crippen LogP contribution in [0.2, 0.25) is 0 Å². The first-order valence-electron chi connectivity index (χ1n) is 9.12. The minimum absolute atomic E-state index is 0.213. The fraction of sp³-hybridized carbons (Fsp3) is 0.143. The van der Waals surface area contributed by atoms with Gasteiger partial charge in [-0.25, -0.2) is 14.6 Å². The van der Waals surface area contributed by atoms with Gasteiger partial charge in [-0.3, -0.25) is 14.3 Å². The number of fused-ring (bicyclic) bond motifs is 1. The van der Waals surface area contributed by atoms with E-state index in [9.17, 15) is 9.59 Å². The number of amides is 1. The van der Waals surface area contributed by atoms with Crippen LogP contribution in [-0.2, 0) is 11.8 Å². The Morgan fingerprint density at radius 1 is 1.17 bits per heavy atom. The molecule has 4 rings (SSSR count). The number of para-hydroxylation sites is 1. The standard InChI is InChI=1S/C21H18BrN5O3/c1-13-19(21(29)27(26(13)2)15-6-4-3-5-7-15)25-18(28)11-30-20-16-10-14(22)8-9-17(16)23-12-24-20/h3-10,12H,11H2,1-2H3,(H,25,28). The number of anilines is 1. The van der Waals surface area contributed by atoms with Gasteiger partial charge in [0.2, 0.25) is 5.88 Å². The van der Waals surface area contributed by atoms with Crippen molar-refractivity contribution < 1.29 is 9.53 Å². The Labute approximate surface area is 180 Å². The molecular weight excluding hydrogens is 450 g/mol. The highest BCUT2D eigenvalue weighted by atomic mass is 79.9. The molecule has 9 heteroatoms. The lowest BCUT2D eigenvalue weighted by atomic mass is 10.2. The molecule has 0 unspecified atom stereocenters. The van der Waals surface area contributed by atoms with Gasteiger partial charge in [0.25, 0.3) is 11.5 Å². The van der Waals surface area contributed by atoms with Crippen LogP contribution >= 0.6 is 15.9 Å². The van der Waals surface area contributed by atoms with E-state index in [0.717, 1.165) is 4.47 Å². The van der Waals surface area contributed by atoms with Crippen LogP contribution in [0, 0.1) is 6.92 Å². The smallest absolute Gasteiger partial charge is 0.295 e. The van der Waals surface area contributed by atoms with E-state index < -0.39 is 5.91 Å². The van der Waals surface area contributed by atoms with Crippen molar-refractivity contribution in [2.75, 3.05) is 11.9 Å². The van der Waals surface area contributed by atoms with Crippen molar-refractivity contribution >= 4 is 38.4 Å². The zero-order chi connectivity index (χ0) is 21.3. The number of ether oxygens (including phenoxy) is 1. The number of carbonyl (C=O) groups excluding carboxylic acids is 1. The minimum Gasteiger partial charge on any atom is -0.467 e. The first-order chi connectivity index (χ1) is 14.5. The topological polar surface area (TPSA) is 91.0 Å². The molecule has 0 atom stereocenters. The van der Waals surface area contributed by atoms with E-state index in [4.69, 9.17) is 4.74 Å². The second-order valence-corrected chi connectivity index (χ2v) is 7.53. The Hall–Kier alpha value is -3.46. The number of halogens is 1. The highest BCUT2D eigenvalue weighted by molar-refractivity contribution is 9.10. The van der Waals surface area contributed by atoms with E-state index in [1.54, 1.807) is 18.7 Å². The summed E-state index contributed by atoms with van der Waals surface area (Å²) in [6.45, 7) is 1.48. The van der Waals surface area contributed by atoms with Crippen molar-refractivity contribution in [3.05, 3.63) is 75.4 Å². The molecule has 2 aromatic heterocycles. The van der Waals surface area contributed by atoms with Crippen LogP contribution in [0.3, 0.4) is 0 Å². The number of hydrogen-bond acceptors (Lipinski definition) is 5. The number of hydrogen-bond donors (Lipinski definition) is 1. The lowest BCUT2D eigenvalue weighted by molar-refractivity contribution is -0.118. The molecule has 0 saturated carbocycles.